The lowest BCUT2D eigenvalue weighted by atomic mass is 10.3. The summed E-state index contributed by atoms with van der Waals surface area (Å²) in [5.74, 6) is 6.18. The minimum absolute atomic E-state index is 0.206. The van der Waals surface area contributed by atoms with Crippen molar-refractivity contribution in [2.75, 3.05) is 12.0 Å². The van der Waals surface area contributed by atoms with Crippen molar-refractivity contribution in [3.05, 3.63) is 22.8 Å². The van der Waals surface area contributed by atoms with Gasteiger partial charge in [-0.25, -0.2) is 10.8 Å². The number of hydrogen-bond acceptors (Lipinski definition) is 4. The molecule has 17 heavy (non-hydrogen) atoms. The van der Waals surface area contributed by atoms with E-state index in [1.807, 2.05) is 0 Å². The van der Waals surface area contributed by atoms with Crippen LogP contribution in [0.5, 0.6) is 0 Å². The summed E-state index contributed by atoms with van der Waals surface area (Å²) < 4.78 is 0. The van der Waals surface area contributed by atoms with E-state index < -0.39 is 0 Å². The predicted molar refractivity (Wildman–Crippen MR) is 66.7 cm³/mol. The van der Waals surface area contributed by atoms with Gasteiger partial charge in [0.1, 0.15) is 11.5 Å². The van der Waals surface area contributed by atoms with E-state index in [1.165, 1.54) is 12.8 Å². The first-order valence-electron chi connectivity index (χ1n) is 5.62. The first kappa shape index (κ1) is 12.1. The average molecular weight is 255 g/mol. The van der Waals surface area contributed by atoms with Crippen LogP contribution in [0.1, 0.15) is 29.8 Å². The van der Waals surface area contributed by atoms with Gasteiger partial charge in [0.2, 0.25) is 0 Å². The van der Waals surface area contributed by atoms with Gasteiger partial charge in [0, 0.05) is 6.54 Å². The van der Waals surface area contributed by atoms with Crippen LogP contribution in [0.4, 0.5) is 5.82 Å². The van der Waals surface area contributed by atoms with Gasteiger partial charge in [-0.2, -0.15) is 0 Å². The number of hydrogen-bond donors (Lipinski definition) is 3. The van der Waals surface area contributed by atoms with E-state index >= 15 is 0 Å². The van der Waals surface area contributed by atoms with E-state index in [0.717, 1.165) is 12.3 Å². The molecule has 1 amide bonds. The Bertz CT molecular complexity index is 420. The average Bonchev–Trinajstić information content (AvgIpc) is 3.13. The fraction of sp³-hybridized carbons (Fsp3) is 0.455. The topological polar surface area (TPSA) is 80.0 Å². The zero-order valence-corrected chi connectivity index (χ0v) is 10.1. The van der Waals surface area contributed by atoms with Crippen molar-refractivity contribution in [2.24, 2.45) is 11.8 Å². The van der Waals surface area contributed by atoms with Gasteiger partial charge >= 0.3 is 0 Å². The van der Waals surface area contributed by atoms with Crippen LogP contribution in [0.2, 0.25) is 5.02 Å². The fourth-order valence-electron chi connectivity index (χ4n) is 1.56. The maximum Gasteiger partial charge on any atom is 0.271 e. The molecule has 1 fully saturated rings. The van der Waals surface area contributed by atoms with Gasteiger partial charge < -0.3 is 10.7 Å². The predicted octanol–water partition coefficient (Wildman–Crippen LogP) is 1.55. The largest absolute Gasteiger partial charge is 0.351 e. The molecule has 1 saturated carbocycles. The van der Waals surface area contributed by atoms with E-state index in [4.69, 9.17) is 17.4 Å². The highest BCUT2D eigenvalue weighted by atomic mass is 35.5. The number of aromatic nitrogens is 1. The number of nitrogen functional groups attached to an aromatic ring is 1. The second kappa shape index (κ2) is 5.33. The molecule has 1 aromatic heterocycles. The lowest BCUT2D eigenvalue weighted by Gasteiger charge is -2.07. The number of nitrogens with zero attached hydrogens (tertiary/aromatic N) is 1. The van der Waals surface area contributed by atoms with Crippen molar-refractivity contribution in [3.8, 4) is 0 Å². The molecule has 1 aliphatic rings. The number of carbonyl (C=O) groups excluding carboxylic acids is 1. The molecular formula is C11H15ClN4O. The number of nitrogens with two attached hydrogens (primary N) is 1. The normalized spacial score (nSPS) is 14.5. The molecule has 0 saturated heterocycles. The van der Waals surface area contributed by atoms with Crippen LogP contribution >= 0.6 is 11.6 Å². The van der Waals surface area contributed by atoms with Gasteiger partial charge in [-0.3, -0.25) is 4.79 Å². The molecule has 2 rings (SSSR count). The Morgan fingerprint density at radius 1 is 1.53 bits per heavy atom. The van der Waals surface area contributed by atoms with Crippen molar-refractivity contribution in [1.29, 1.82) is 0 Å². The molecule has 0 unspecified atom stereocenters. The molecule has 1 heterocycles. The summed E-state index contributed by atoms with van der Waals surface area (Å²) in [4.78, 5) is 15.8. The Morgan fingerprint density at radius 2 is 2.29 bits per heavy atom. The van der Waals surface area contributed by atoms with Crippen LogP contribution in [-0.4, -0.2) is 17.4 Å². The summed E-state index contributed by atoms with van der Waals surface area (Å²) in [6.45, 7) is 0.668. The van der Waals surface area contributed by atoms with Crippen molar-refractivity contribution < 1.29 is 4.79 Å². The zero-order valence-electron chi connectivity index (χ0n) is 9.37. The maximum atomic E-state index is 11.8. The van der Waals surface area contributed by atoms with Crippen LogP contribution in [-0.2, 0) is 0 Å². The van der Waals surface area contributed by atoms with Crippen molar-refractivity contribution in [1.82, 2.24) is 10.3 Å². The van der Waals surface area contributed by atoms with Crippen LogP contribution in [0.3, 0.4) is 0 Å². The lowest BCUT2D eigenvalue weighted by molar-refractivity contribution is 0.0948. The number of rotatable bonds is 5. The third kappa shape index (κ3) is 3.31. The minimum Gasteiger partial charge on any atom is -0.351 e. The first-order valence-corrected chi connectivity index (χ1v) is 6.00. The molecule has 0 aromatic carbocycles. The van der Waals surface area contributed by atoms with Gasteiger partial charge in [0.25, 0.3) is 5.91 Å². The Balaban J connectivity index is 1.96. The number of amides is 1. The third-order valence-corrected chi connectivity index (χ3v) is 3.05. The molecule has 1 aromatic rings. The number of anilines is 1. The molecule has 0 atom stereocenters. The third-order valence-electron chi connectivity index (χ3n) is 2.74. The van der Waals surface area contributed by atoms with Gasteiger partial charge in [-0.05, 0) is 24.5 Å². The molecule has 0 radical (unpaired) electrons. The summed E-state index contributed by atoms with van der Waals surface area (Å²) in [6, 6.07) is 3.21. The molecule has 5 nitrogen and oxygen atoms in total. The SMILES string of the molecule is NNc1ccc(Cl)c(C(=O)NCCC2CC2)n1. The van der Waals surface area contributed by atoms with Crippen LogP contribution in [0.15, 0.2) is 12.1 Å². The number of halogens is 1. The van der Waals surface area contributed by atoms with Crippen molar-refractivity contribution in [2.45, 2.75) is 19.3 Å². The molecule has 0 bridgehead atoms. The van der Waals surface area contributed by atoms with Crippen molar-refractivity contribution >= 4 is 23.3 Å². The number of nitrogens with one attached hydrogen (secondary N) is 2. The van der Waals surface area contributed by atoms with Gasteiger partial charge in [-0.15, -0.1) is 0 Å². The molecule has 4 N–H and O–H groups in total. The van der Waals surface area contributed by atoms with Crippen LogP contribution in [0.25, 0.3) is 0 Å². The number of hydrazine groups is 1. The molecular weight excluding hydrogens is 240 g/mol. The van der Waals surface area contributed by atoms with Crippen LogP contribution < -0.4 is 16.6 Å². The number of carbonyl (C=O) groups is 1. The van der Waals surface area contributed by atoms with E-state index in [0.29, 0.717) is 17.4 Å². The smallest absolute Gasteiger partial charge is 0.271 e. The Kier molecular flexibility index (Phi) is 3.81. The van der Waals surface area contributed by atoms with E-state index in [-0.39, 0.29) is 11.6 Å². The molecule has 0 spiro atoms. The Hall–Kier alpha value is -1.33. The van der Waals surface area contributed by atoms with Crippen LogP contribution in [0, 0.1) is 5.92 Å². The summed E-state index contributed by atoms with van der Waals surface area (Å²) in [6.07, 6.45) is 3.58. The molecule has 1 aliphatic carbocycles. The first-order chi connectivity index (χ1) is 8.20. The minimum atomic E-state index is -0.257. The standard InChI is InChI=1S/C11H15ClN4O/c12-8-3-4-9(16-13)15-10(8)11(17)14-6-5-7-1-2-7/h3-4,7H,1-2,5-6,13H2,(H,14,17)(H,15,16). The highest BCUT2D eigenvalue weighted by Crippen LogP contribution is 2.31. The Morgan fingerprint density at radius 3 is 2.94 bits per heavy atom. The summed E-state index contributed by atoms with van der Waals surface area (Å²) in [7, 11) is 0. The quantitative estimate of drug-likeness (QED) is 0.550. The van der Waals surface area contributed by atoms with E-state index in [1.54, 1.807) is 12.1 Å². The van der Waals surface area contributed by atoms with Gasteiger partial charge in [-0.1, -0.05) is 24.4 Å². The van der Waals surface area contributed by atoms with E-state index in [9.17, 15) is 4.79 Å². The summed E-state index contributed by atoms with van der Waals surface area (Å²) >= 11 is 5.91. The Labute approximate surface area is 105 Å². The van der Waals surface area contributed by atoms with Gasteiger partial charge in [0.05, 0.1) is 5.02 Å². The van der Waals surface area contributed by atoms with E-state index in [2.05, 4.69) is 15.7 Å². The molecule has 6 heteroatoms. The molecule has 92 valence electrons. The second-order valence-corrected chi connectivity index (χ2v) is 4.57. The zero-order chi connectivity index (χ0) is 12.3. The lowest BCUT2D eigenvalue weighted by Crippen LogP contribution is -2.26. The second-order valence-electron chi connectivity index (χ2n) is 4.16. The van der Waals surface area contributed by atoms with Crippen molar-refractivity contribution in [3.63, 3.8) is 0 Å². The van der Waals surface area contributed by atoms with Gasteiger partial charge in [0.15, 0.2) is 0 Å². The summed E-state index contributed by atoms with van der Waals surface area (Å²) in [5.41, 5.74) is 2.59. The molecule has 0 aliphatic heterocycles. The highest BCUT2D eigenvalue weighted by Gasteiger charge is 2.21. The number of pyridine rings is 1. The highest BCUT2D eigenvalue weighted by molar-refractivity contribution is 6.33. The fourth-order valence-corrected chi connectivity index (χ4v) is 1.75. The maximum absolute atomic E-state index is 11.8. The summed E-state index contributed by atoms with van der Waals surface area (Å²) in [5, 5.41) is 3.13. The monoisotopic (exact) mass is 254 g/mol.